The maximum Gasteiger partial charge on any atom is 0.139 e. The van der Waals surface area contributed by atoms with Gasteiger partial charge < -0.3 is 9.32 Å². The van der Waals surface area contributed by atoms with Crippen LogP contribution >= 0.6 is 0 Å². The van der Waals surface area contributed by atoms with E-state index in [1.54, 1.807) is 0 Å². The highest BCUT2D eigenvalue weighted by Crippen LogP contribution is 2.54. The Kier molecular flexibility index (Phi) is 6.77. The van der Waals surface area contributed by atoms with E-state index in [4.69, 9.17) is 4.42 Å². The lowest BCUT2D eigenvalue weighted by Crippen LogP contribution is -2.19. The van der Waals surface area contributed by atoms with Crippen molar-refractivity contribution in [3.05, 3.63) is 149 Å². The Morgan fingerprint density at radius 3 is 1.63 bits per heavy atom. The predicted molar refractivity (Wildman–Crippen MR) is 221 cm³/mol. The lowest BCUT2D eigenvalue weighted by Gasteiger charge is -2.30. The Labute approximate surface area is 309 Å². The Balaban J connectivity index is 1.26. The number of benzene rings is 6. The van der Waals surface area contributed by atoms with Crippen molar-refractivity contribution in [1.29, 1.82) is 0 Å². The van der Waals surface area contributed by atoms with E-state index in [0.29, 0.717) is 0 Å². The summed E-state index contributed by atoms with van der Waals surface area (Å²) in [6.45, 7) is 23.2. The van der Waals surface area contributed by atoms with Gasteiger partial charge in [-0.25, -0.2) is 0 Å². The molecule has 2 nitrogen and oxygen atoms in total. The second kappa shape index (κ2) is 10.7. The molecule has 0 atom stereocenters. The molecule has 0 saturated heterocycles. The fourth-order valence-corrected chi connectivity index (χ4v) is 9.13. The summed E-state index contributed by atoms with van der Waals surface area (Å²) in [5, 5.41) is 2.30. The summed E-state index contributed by atoms with van der Waals surface area (Å²) in [6, 6.07) is 43.6. The van der Waals surface area contributed by atoms with Gasteiger partial charge in [-0.2, -0.15) is 0 Å². The molecule has 9 rings (SSSR count). The summed E-state index contributed by atoms with van der Waals surface area (Å²) in [5.74, 6) is 0. The van der Waals surface area contributed by atoms with Gasteiger partial charge in [0, 0.05) is 44.2 Å². The van der Waals surface area contributed by atoms with E-state index in [9.17, 15) is 0 Å². The van der Waals surface area contributed by atoms with Crippen molar-refractivity contribution < 1.29 is 4.42 Å². The standard InChI is InChI=1S/C50H49NO/c1-47(2,3)30-18-22-35-37-24-20-33(29-44(37)50(9,10)42(35)26-30)51(32-19-23-36-34-14-11-12-16-40(34)49(7,8)43(36)28-32)31-21-25-45-39(27-31)38-15-13-17-41(46(38)52-45)48(4,5)6/h11-29H,1-10H3. The Hall–Kier alpha value is -5.08. The third kappa shape index (κ3) is 4.69. The molecule has 0 saturated carbocycles. The van der Waals surface area contributed by atoms with E-state index in [1.807, 2.05) is 0 Å². The maximum atomic E-state index is 6.62. The molecular weight excluding hydrogens is 631 g/mol. The minimum absolute atomic E-state index is 0.0283. The molecule has 0 aliphatic heterocycles. The summed E-state index contributed by atoms with van der Waals surface area (Å²) >= 11 is 0. The molecular formula is C50H49NO. The zero-order valence-electron chi connectivity index (χ0n) is 32.3. The van der Waals surface area contributed by atoms with Crippen molar-refractivity contribution in [2.45, 2.75) is 90.9 Å². The lowest BCUT2D eigenvalue weighted by atomic mass is 9.79. The molecule has 0 fully saturated rings. The van der Waals surface area contributed by atoms with E-state index in [-0.39, 0.29) is 21.7 Å². The van der Waals surface area contributed by atoms with E-state index < -0.39 is 0 Å². The number of fused-ring (bicyclic) bond motifs is 9. The Morgan fingerprint density at radius 2 is 1.00 bits per heavy atom. The molecule has 0 radical (unpaired) electrons. The molecule has 0 amide bonds. The van der Waals surface area contributed by atoms with Crippen LogP contribution in [0.4, 0.5) is 17.1 Å². The van der Waals surface area contributed by atoms with Crippen molar-refractivity contribution in [2.24, 2.45) is 0 Å². The van der Waals surface area contributed by atoms with Gasteiger partial charge in [0.25, 0.3) is 0 Å². The van der Waals surface area contributed by atoms with Crippen LogP contribution in [0.1, 0.15) is 103 Å². The highest BCUT2D eigenvalue weighted by molar-refractivity contribution is 6.08. The van der Waals surface area contributed by atoms with Gasteiger partial charge in [0.15, 0.2) is 0 Å². The van der Waals surface area contributed by atoms with Gasteiger partial charge in [-0.15, -0.1) is 0 Å². The van der Waals surface area contributed by atoms with Gasteiger partial charge in [-0.05, 0) is 103 Å². The second-order valence-electron chi connectivity index (χ2n) is 18.3. The summed E-state index contributed by atoms with van der Waals surface area (Å²) < 4.78 is 6.62. The zero-order valence-corrected chi connectivity index (χ0v) is 32.3. The summed E-state index contributed by atoms with van der Waals surface area (Å²) in [4.78, 5) is 2.46. The van der Waals surface area contributed by atoms with Crippen LogP contribution in [-0.2, 0) is 21.7 Å². The van der Waals surface area contributed by atoms with Crippen LogP contribution in [0.15, 0.2) is 120 Å². The Bertz CT molecular complexity index is 2600. The smallest absolute Gasteiger partial charge is 0.139 e. The number of hydrogen-bond acceptors (Lipinski definition) is 2. The van der Waals surface area contributed by atoms with E-state index in [2.05, 4.69) is 189 Å². The molecule has 0 spiro atoms. The van der Waals surface area contributed by atoms with Crippen LogP contribution in [0, 0.1) is 0 Å². The molecule has 7 aromatic rings. The van der Waals surface area contributed by atoms with Crippen molar-refractivity contribution in [3.8, 4) is 22.3 Å². The van der Waals surface area contributed by atoms with Crippen LogP contribution in [0.2, 0.25) is 0 Å². The van der Waals surface area contributed by atoms with Gasteiger partial charge >= 0.3 is 0 Å². The van der Waals surface area contributed by atoms with Crippen LogP contribution in [-0.4, -0.2) is 0 Å². The molecule has 0 N–H and O–H groups in total. The highest BCUT2D eigenvalue weighted by atomic mass is 16.3. The molecule has 1 heterocycles. The zero-order chi connectivity index (χ0) is 36.5. The average molecular weight is 680 g/mol. The molecule has 260 valence electrons. The summed E-state index contributed by atoms with van der Waals surface area (Å²) in [5.41, 5.74) is 18.7. The number of hydrogen-bond donors (Lipinski definition) is 0. The molecule has 2 aliphatic rings. The molecule has 1 aromatic heterocycles. The fourth-order valence-electron chi connectivity index (χ4n) is 9.13. The Morgan fingerprint density at radius 1 is 0.462 bits per heavy atom. The van der Waals surface area contributed by atoms with Crippen molar-refractivity contribution >= 4 is 39.0 Å². The first-order valence-electron chi connectivity index (χ1n) is 18.9. The molecule has 2 heteroatoms. The topological polar surface area (TPSA) is 16.4 Å². The third-order valence-corrected chi connectivity index (χ3v) is 12.2. The molecule has 2 aliphatic carbocycles. The number of rotatable bonds is 3. The van der Waals surface area contributed by atoms with Crippen LogP contribution in [0.25, 0.3) is 44.2 Å². The monoisotopic (exact) mass is 679 g/mol. The lowest BCUT2D eigenvalue weighted by molar-refractivity contribution is 0.573. The van der Waals surface area contributed by atoms with Crippen molar-refractivity contribution in [1.82, 2.24) is 0 Å². The minimum atomic E-state index is -0.136. The average Bonchev–Trinajstić information content (AvgIpc) is 3.67. The first-order chi connectivity index (χ1) is 24.5. The molecule has 6 aromatic carbocycles. The van der Waals surface area contributed by atoms with Crippen LogP contribution in [0.5, 0.6) is 0 Å². The van der Waals surface area contributed by atoms with Gasteiger partial charge in [-0.1, -0.05) is 142 Å². The first kappa shape index (κ1) is 32.8. The minimum Gasteiger partial charge on any atom is -0.456 e. The second-order valence-corrected chi connectivity index (χ2v) is 18.3. The maximum absolute atomic E-state index is 6.62. The largest absolute Gasteiger partial charge is 0.456 e. The SMILES string of the molecule is CC(C)(C)c1ccc2c(c1)C(C)(C)c1cc(N(c3ccc4c(c3)C(C)(C)c3ccccc3-4)c3ccc4oc5c(C(C)(C)C)cccc5c4c3)ccc1-2. The van der Waals surface area contributed by atoms with E-state index >= 15 is 0 Å². The van der Waals surface area contributed by atoms with Crippen molar-refractivity contribution in [2.75, 3.05) is 4.90 Å². The van der Waals surface area contributed by atoms with Gasteiger partial charge in [0.2, 0.25) is 0 Å². The van der Waals surface area contributed by atoms with Crippen LogP contribution in [0.3, 0.4) is 0 Å². The highest BCUT2D eigenvalue weighted by Gasteiger charge is 2.38. The summed E-state index contributed by atoms with van der Waals surface area (Å²) in [7, 11) is 0. The molecule has 52 heavy (non-hydrogen) atoms. The number of anilines is 3. The third-order valence-electron chi connectivity index (χ3n) is 12.2. The van der Waals surface area contributed by atoms with Crippen LogP contribution < -0.4 is 4.90 Å². The molecule has 0 unspecified atom stereocenters. The van der Waals surface area contributed by atoms with Gasteiger partial charge in [0.05, 0.1) is 0 Å². The fraction of sp³-hybridized carbons (Fsp3) is 0.280. The summed E-state index contributed by atoms with van der Waals surface area (Å²) in [6.07, 6.45) is 0. The van der Waals surface area contributed by atoms with Gasteiger partial charge in [-0.3, -0.25) is 0 Å². The predicted octanol–water partition coefficient (Wildman–Crippen LogP) is 14.3. The number of nitrogens with zero attached hydrogens (tertiary/aromatic N) is 1. The quantitative estimate of drug-likeness (QED) is 0.185. The normalized spacial score (nSPS) is 15.4. The van der Waals surface area contributed by atoms with E-state index in [1.165, 1.54) is 55.6 Å². The number of furan rings is 1. The number of para-hydroxylation sites is 1. The molecule has 0 bridgehead atoms. The first-order valence-corrected chi connectivity index (χ1v) is 18.9. The van der Waals surface area contributed by atoms with Gasteiger partial charge in [0.1, 0.15) is 11.2 Å². The van der Waals surface area contributed by atoms with E-state index in [0.717, 1.165) is 39.0 Å². The van der Waals surface area contributed by atoms with Crippen molar-refractivity contribution in [3.63, 3.8) is 0 Å².